The summed E-state index contributed by atoms with van der Waals surface area (Å²) in [5, 5.41) is 7.57. The van der Waals surface area contributed by atoms with Crippen LogP contribution in [0.15, 0.2) is 91.0 Å². The first kappa shape index (κ1) is 18.3. The average molecular weight is 381 g/mol. The Bertz CT molecular complexity index is 1190. The molecular formula is C24H19N3O2. The highest BCUT2D eigenvalue weighted by atomic mass is 16.2. The zero-order valence-electron chi connectivity index (χ0n) is 15.6. The minimum absolute atomic E-state index is 0.198. The van der Waals surface area contributed by atoms with Crippen molar-refractivity contribution in [3.8, 4) is 0 Å². The van der Waals surface area contributed by atoms with E-state index in [1.54, 1.807) is 54.6 Å². The van der Waals surface area contributed by atoms with E-state index in [-0.39, 0.29) is 11.8 Å². The lowest BCUT2D eigenvalue weighted by Crippen LogP contribution is -2.14. The first-order chi connectivity index (χ1) is 14.1. The third-order valence-electron chi connectivity index (χ3n) is 4.65. The molecule has 0 unspecified atom stereocenters. The van der Waals surface area contributed by atoms with Gasteiger partial charge in [-0.15, -0.1) is 0 Å². The molecule has 0 saturated carbocycles. The molecular weight excluding hydrogens is 362 g/mol. The molecule has 0 aliphatic rings. The summed E-state index contributed by atoms with van der Waals surface area (Å²) in [7, 11) is 0. The number of benzene rings is 4. The minimum atomic E-state index is -0.269. The predicted octanol–water partition coefficient (Wildman–Crippen LogP) is 4.93. The first-order valence-corrected chi connectivity index (χ1v) is 9.17. The second-order valence-electron chi connectivity index (χ2n) is 6.60. The van der Waals surface area contributed by atoms with Crippen LogP contribution in [0, 0.1) is 0 Å². The van der Waals surface area contributed by atoms with Crippen molar-refractivity contribution in [2.45, 2.75) is 0 Å². The number of fused-ring (bicyclic) bond motifs is 1. The number of nitrogen functional groups attached to an aromatic ring is 1. The molecule has 5 nitrogen and oxygen atoms in total. The number of para-hydroxylation sites is 2. The third-order valence-corrected chi connectivity index (χ3v) is 4.65. The molecule has 2 amide bonds. The Hall–Kier alpha value is -4.12. The Labute approximate surface area is 168 Å². The molecule has 4 aromatic carbocycles. The number of nitrogens with two attached hydrogens (primary N) is 1. The molecule has 29 heavy (non-hydrogen) atoms. The van der Waals surface area contributed by atoms with Gasteiger partial charge < -0.3 is 16.4 Å². The molecule has 0 aliphatic carbocycles. The minimum Gasteiger partial charge on any atom is -0.397 e. The number of anilines is 3. The van der Waals surface area contributed by atoms with Crippen LogP contribution in [0.2, 0.25) is 0 Å². The fourth-order valence-corrected chi connectivity index (χ4v) is 3.13. The maximum absolute atomic E-state index is 12.7. The summed E-state index contributed by atoms with van der Waals surface area (Å²) in [5.74, 6) is -0.467. The highest BCUT2D eigenvalue weighted by Gasteiger charge is 2.11. The van der Waals surface area contributed by atoms with Crippen LogP contribution < -0.4 is 16.4 Å². The number of rotatable bonds is 4. The number of carbonyl (C=O) groups is 2. The molecule has 4 N–H and O–H groups in total. The molecule has 142 valence electrons. The lowest BCUT2D eigenvalue weighted by molar-refractivity contribution is 0.102. The van der Waals surface area contributed by atoms with Crippen molar-refractivity contribution in [2.24, 2.45) is 0 Å². The zero-order chi connectivity index (χ0) is 20.2. The fourth-order valence-electron chi connectivity index (χ4n) is 3.13. The molecule has 0 saturated heterocycles. The van der Waals surface area contributed by atoms with E-state index in [0.29, 0.717) is 28.2 Å². The molecule has 0 fully saturated rings. The fraction of sp³-hybridized carbons (Fsp3) is 0. The van der Waals surface area contributed by atoms with Crippen molar-refractivity contribution < 1.29 is 9.59 Å². The van der Waals surface area contributed by atoms with Crippen LogP contribution in [0.1, 0.15) is 20.7 Å². The molecule has 0 atom stereocenters. The van der Waals surface area contributed by atoms with Gasteiger partial charge in [0.05, 0.1) is 11.4 Å². The van der Waals surface area contributed by atoms with E-state index in [1.165, 1.54) is 0 Å². The molecule has 0 radical (unpaired) electrons. The van der Waals surface area contributed by atoms with Crippen LogP contribution in [0.3, 0.4) is 0 Å². The van der Waals surface area contributed by atoms with E-state index in [2.05, 4.69) is 10.6 Å². The summed E-state index contributed by atoms with van der Waals surface area (Å²) in [6.07, 6.45) is 0. The van der Waals surface area contributed by atoms with Crippen molar-refractivity contribution in [1.29, 1.82) is 0 Å². The van der Waals surface area contributed by atoms with Gasteiger partial charge in [-0.1, -0.05) is 48.5 Å². The van der Waals surface area contributed by atoms with E-state index in [0.717, 1.165) is 10.8 Å². The van der Waals surface area contributed by atoms with Gasteiger partial charge in [0.15, 0.2) is 0 Å². The highest BCUT2D eigenvalue weighted by Crippen LogP contribution is 2.21. The summed E-state index contributed by atoms with van der Waals surface area (Å²) in [6, 6.07) is 27.2. The number of hydrogen-bond donors (Lipinski definition) is 3. The molecule has 0 heterocycles. The van der Waals surface area contributed by atoms with Crippen molar-refractivity contribution in [3.63, 3.8) is 0 Å². The summed E-state index contributed by atoms with van der Waals surface area (Å²) >= 11 is 0. The Balaban J connectivity index is 1.49. The lowest BCUT2D eigenvalue weighted by atomic mass is 10.0. The van der Waals surface area contributed by atoms with Crippen molar-refractivity contribution >= 4 is 39.6 Å². The quantitative estimate of drug-likeness (QED) is 0.438. The Morgan fingerprint density at radius 1 is 0.655 bits per heavy atom. The van der Waals surface area contributed by atoms with E-state index in [9.17, 15) is 9.59 Å². The van der Waals surface area contributed by atoms with E-state index < -0.39 is 0 Å². The molecule has 0 aromatic heterocycles. The van der Waals surface area contributed by atoms with Crippen LogP contribution >= 0.6 is 0 Å². The van der Waals surface area contributed by atoms with Gasteiger partial charge >= 0.3 is 0 Å². The Morgan fingerprint density at radius 2 is 1.34 bits per heavy atom. The van der Waals surface area contributed by atoms with Crippen LogP contribution in [-0.2, 0) is 0 Å². The van der Waals surface area contributed by atoms with Gasteiger partial charge in [-0.05, 0) is 53.2 Å². The Kier molecular flexibility index (Phi) is 4.95. The van der Waals surface area contributed by atoms with E-state index in [4.69, 9.17) is 5.73 Å². The molecule has 0 bridgehead atoms. The van der Waals surface area contributed by atoms with E-state index in [1.807, 2.05) is 36.4 Å². The SMILES string of the molecule is Nc1ccccc1NC(=O)c1ccc(NC(=O)c2cccc3ccccc23)cc1. The Morgan fingerprint density at radius 3 is 2.14 bits per heavy atom. The van der Waals surface area contributed by atoms with Crippen LogP contribution in [0.4, 0.5) is 17.1 Å². The molecule has 4 rings (SSSR count). The largest absolute Gasteiger partial charge is 0.397 e. The standard InChI is InChI=1S/C24H19N3O2/c25-21-10-3-4-11-22(21)27-23(28)17-12-14-18(15-13-17)26-24(29)20-9-5-7-16-6-1-2-8-19(16)20/h1-15H,25H2,(H,26,29)(H,27,28). The second kappa shape index (κ2) is 7.86. The summed E-state index contributed by atoms with van der Waals surface area (Å²) in [6.45, 7) is 0. The van der Waals surface area contributed by atoms with Crippen molar-refractivity contribution in [1.82, 2.24) is 0 Å². The average Bonchev–Trinajstić information content (AvgIpc) is 2.75. The number of hydrogen-bond acceptors (Lipinski definition) is 3. The summed E-state index contributed by atoms with van der Waals surface area (Å²) in [5.41, 5.74) is 8.60. The molecule has 4 aromatic rings. The number of nitrogens with one attached hydrogen (secondary N) is 2. The zero-order valence-corrected chi connectivity index (χ0v) is 15.6. The third kappa shape index (κ3) is 3.94. The smallest absolute Gasteiger partial charge is 0.256 e. The van der Waals surface area contributed by atoms with Gasteiger partial charge in [-0.2, -0.15) is 0 Å². The molecule has 0 aliphatic heterocycles. The first-order valence-electron chi connectivity index (χ1n) is 9.17. The number of carbonyl (C=O) groups excluding carboxylic acids is 2. The predicted molar refractivity (Wildman–Crippen MR) is 117 cm³/mol. The lowest BCUT2D eigenvalue weighted by Gasteiger charge is -2.10. The second-order valence-corrected chi connectivity index (χ2v) is 6.60. The van der Waals surface area contributed by atoms with Crippen molar-refractivity contribution in [3.05, 3.63) is 102 Å². The normalized spacial score (nSPS) is 10.5. The van der Waals surface area contributed by atoms with Gasteiger partial charge in [0.2, 0.25) is 0 Å². The molecule has 0 spiro atoms. The van der Waals surface area contributed by atoms with Crippen molar-refractivity contribution in [2.75, 3.05) is 16.4 Å². The van der Waals surface area contributed by atoms with Gasteiger partial charge in [-0.25, -0.2) is 0 Å². The van der Waals surface area contributed by atoms with Crippen LogP contribution in [0.25, 0.3) is 10.8 Å². The summed E-state index contributed by atoms with van der Waals surface area (Å²) in [4.78, 5) is 25.1. The van der Waals surface area contributed by atoms with Gasteiger partial charge in [0.1, 0.15) is 0 Å². The number of amides is 2. The maximum Gasteiger partial charge on any atom is 0.256 e. The van der Waals surface area contributed by atoms with Gasteiger partial charge in [-0.3, -0.25) is 9.59 Å². The van der Waals surface area contributed by atoms with Gasteiger partial charge in [0, 0.05) is 16.8 Å². The maximum atomic E-state index is 12.7. The van der Waals surface area contributed by atoms with Crippen LogP contribution in [-0.4, -0.2) is 11.8 Å². The van der Waals surface area contributed by atoms with Gasteiger partial charge in [0.25, 0.3) is 11.8 Å². The summed E-state index contributed by atoms with van der Waals surface area (Å²) < 4.78 is 0. The molecule has 5 heteroatoms. The topological polar surface area (TPSA) is 84.2 Å². The monoisotopic (exact) mass is 381 g/mol. The van der Waals surface area contributed by atoms with Crippen LogP contribution in [0.5, 0.6) is 0 Å². The van der Waals surface area contributed by atoms with E-state index >= 15 is 0 Å². The highest BCUT2D eigenvalue weighted by molar-refractivity contribution is 6.13.